The second-order valence-corrected chi connectivity index (χ2v) is 5.32. The van der Waals surface area contributed by atoms with Crippen LogP contribution in [0, 0.1) is 0 Å². The molecule has 2 atom stereocenters. The van der Waals surface area contributed by atoms with Crippen molar-refractivity contribution in [3.8, 4) is 5.75 Å². The maximum absolute atomic E-state index is 9.64. The van der Waals surface area contributed by atoms with Gasteiger partial charge in [0.2, 0.25) is 0 Å². The fraction of sp³-hybridized carbons (Fsp3) is 0.562. The molecule has 5 heteroatoms. The highest BCUT2D eigenvalue weighted by atomic mass is 16.5. The lowest BCUT2D eigenvalue weighted by Crippen LogP contribution is -2.41. The summed E-state index contributed by atoms with van der Waals surface area (Å²) in [6.45, 7) is 6.97. The number of likely N-dealkylation sites (tertiary alicyclic amines) is 1. The highest BCUT2D eigenvalue weighted by Crippen LogP contribution is 2.12. The first-order chi connectivity index (χ1) is 10.2. The van der Waals surface area contributed by atoms with Gasteiger partial charge in [0.05, 0.1) is 12.6 Å². The molecule has 2 N–H and O–H groups in total. The molecule has 116 valence electrons. The van der Waals surface area contributed by atoms with Gasteiger partial charge in [-0.25, -0.2) is 4.99 Å². The van der Waals surface area contributed by atoms with Crippen LogP contribution in [0.3, 0.4) is 0 Å². The van der Waals surface area contributed by atoms with Crippen molar-refractivity contribution in [1.29, 1.82) is 0 Å². The third kappa shape index (κ3) is 4.93. The highest BCUT2D eigenvalue weighted by Gasteiger charge is 2.22. The van der Waals surface area contributed by atoms with Gasteiger partial charge < -0.3 is 20.1 Å². The summed E-state index contributed by atoms with van der Waals surface area (Å²) in [5, 5.41) is 12.9. The first kappa shape index (κ1) is 15.6. The van der Waals surface area contributed by atoms with Crippen LogP contribution in [0.5, 0.6) is 5.75 Å². The third-order valence-electron chi connectivity index (χ3n) is 3.38. The lowest BCUT2D eigenvalue weighted by molar-refractivity contribution is 0.187. The van der Waals surface area contributed by atoms with E-state index in [1.165, 1.54) is 0 Å². The molecule has 5 nitrogen and oxygen atoms in total. The molecule has 1 heterocycles. The molecule has 1 aromatic rings. The molecule has 1 fully saturated rings. The SMILES string of the molecule is CCNC(=NCC(C)Oc1ccccc1)N1CC[C@@H](O)C1. The number of para-hydroxylation sites is 1. The fourth-order valence-corrected chi connectivity index (χ4v) is 2.34. The van der Waals surface area contributed by atoms with E-state index in [4.69, 9.17) is 4.74 Å². The number of guanidine groups is 1. The molecule has 0 amide bonds. The highest BCUT2D eigenvalue weighted by molar-refractivity contribution is 5.80. The van der Waals surface area contributed by atoms with Gasteiger partial charge in [0.15, 0.2) is 5.96 Å². The molecular weight excluding hydrogens is 266 g/mol. The Balaban J connectivity index is 1.89. The first-order valence-corrected chi connectivity index (χ1v) is 7.62. The normalized spacial score (nSPS) is 20.4. The quantitative estimate of drug-likeness (QED) is 0.637. The number of hydrogen-bond acceptors (Lipinski definition) is 3. The Labute approximate surface area is 126 Å². The van der Waals surface area contributed by atoms with Crippen molar-refractivity contribution in [3.63, 3.8) is 0 Å². The number of rotatable bonds is 5. The van der Waals surface area contributed by atoms with Gasteiger partial charge in [-0.3, -0.25) is 0 Å². The number of aliphatic hydroxyl groups excluding tert-OH is 1. The molecule has 0 bridgehead atoms. The summed E-state index contributed by atoms with van der Waals surface area (Å²) < 4.78 is 5.82. The monoisotopic (exact) mass is 291 g/mol. The van der Waals surface area contributed by atoms with Crippen molar-refractivity contribution in [2.24, 2.45) is 4.99 Å². The van der Waals surface area contributed by atoms with Crippen LogP contribution < -0.4 is 10.1 Å². The van der Waals surface area contributed by atoms with Gasteiger partial charge in [0.25, 0.3) is 0 Å². The van der Waals surface area contributed by atoms with Crippen molar-refractivity contribution in [3.05, 3.63) is 30.3 Å². The molecule has 1 aliphatic rings. The lowest BCUT2D eigenvalue weighted by atomic mass is 10.3. The van der Waals surface area contributed by atoms with Gasteiger partial charge in [0.1, 0.15) is 11.9 Å². The van der Waals surface area contributed by atoms with E-state index in [1.54, 1.807) is 0 Å². The Hall–Kier alpha value is -1.75. The minimum absolute atomic E-state index is 0.00795. The summed E-state index contributed by atoms with van der Waals surface area (Å²) in [4.78, 5) is 6.72. The van der Waals surface area contributed by atoms with Crippen LogP contribution in [0.2, 0.25) is 0 Å². The maximum Gasteiger partial charge on any atom is 0.194 e. The summed E-state index contributed by atoms with van der Waals surface area (Å²) in [6, 6.07) is 9.78. The van der Waals surface area contributed by atoms with Crippen molar-refractivity contribution >= 4 is 5.96 Å². The summed E-state index contributed by atoms with van der Waals surface area (Å²) in [5.41, 5.74) is 0. The Morgan fingerprint density at radius 3 is 2.86 bits per heavy atom. The largest absolute Gasteiger partial charge is 0.489 e. The van der Waals surface area contributed by atoms with Gasteiger partial charge in [-0.1, -0.05) is 18.2 Å². The van der Waals surface area contributed by atoms with Crippen molar-refractivity contribution in [2.45, 2.75) is 32.5 Å². The van der Waals surface area contributed by atoms with Gasteiger partial charge in [-0.05, 0) is 32.4 Å². The number of aliphatic hydroxyl groups is 1. The Morgan fingerprint density at radius 2 is 2.24 bits per heavy atom. The number of hydrogen-bond donors (Lipinski definition) is 2. The van der Waals surface area contributed by atoms with Gasteiger partial charge in [-0.2, -0.15) is 0 Å². The van der Waals surface area contributed by atoms with Crippen LogP contribution in [0.4, 0.5) is 0 Å². The van der Waals surface area contributed by atoms with Crippen LogP contribution in [-0.2, 0) is 0 Å². The van der Waals surface area contributed by atoms with Gasteiger partial charge in [0, 0.05) is 19.6 Å². The second-order valence-electron chi connectivity index (χ2n) is 5.32. The number of nitrogens with one attached hydrogen (secondary N) is 1. The number of aliphatic imine (C=N–C) groups is 1. The van der Waals surface area contributed by atoms with E-state index >= 15 is 0 Å². The number of β-amino-alcohol motifs (C(OH)–C–C–N with tert-alkyl or cyclic N) is 1. The molecule has 0 aromatic heterocycles. The molecule has 1 aromatic carbocycles. The van der Waals surface area contributed by atoms with E-state index in [2.05, 4.69) is 15.2 Å². The summed E-state index contributed by atoms with van der Waals surface area (Å²) in [5.74, 6) is 1.72. The minimum Gasteiger partial charge on any atom is -0.489 e. The third-order valence-corrected chi connectivity index (χ3v) is 3.38. The molecule has 0 radical (unpaired) electrons. The number of nitrogens with zero attached hydrogens (tertiary/aromatic N) is 2. The van der Waals surface area contributed by atoms with E-state index in [-0.39, 0.29) is 12.2 Å². The molecule has 21 heavy (non-hydrogen) atoms. The minimum atomic E-state index is -0.244. The Bertz CT molecular complexity index is 450. The molecule has 0 spiro atoms. The van der Waals surface area contributed by atoms with Crippen LogP contribution in [0.25, 0.3) is 0 Å². The van der Waals surface area contributed by atoms with Crippen molar-refractivity contribution in [2.75, 3.05) is 26.2 Å². The van der Waals surface area contributed by atoms with Crippen LogP contribution in [0.15, 0.2) is 35.3 Å². The number of benzene rings is 1. The summed E-state index contributed by atoms with van der Waals surface area (Å²) in [7, 11) is 0. The molecule has 2 rings (SSSR count). The zero-order chi connectivity index (χ0) is 15.1. The molecular formula is C16H25N3O2. The molecule has 0 saturated carbocycles. The fourth-order valence-electron chi connectivity index (χ4n) is 2.34. The average molecular weight is 291 g/mol. The van der Waals surface area contributed by atoms with Gasteiger partial charge in [-0.15, -0.1) is 0 Å². The predicted octanol–water partition coefficient (Wildman–Crippen LogP) is 1.49. The zero-order valence-electron chi connectivity index (χ0n) is 12.8. The summed E-state index contributed by atoms with van der Waals surface area (Å²) >= 11 is 0. The summed E-state index contributed by atoms with van der Waals surface area (Å²) in [6.07, 6.45) is 0.570. The van der Waals surface area contributed by atoms with Crippen LogP contribution in [0.1, 0.15) is 20.3 Å². The smallest absolute Gasteiger partial charge is 0.194 e. The Morgan fingerprint density at radius 1 is 1.48 bits per heavy atom. The van der Waals surface area contributed by atoms with Gasteiger partial charge >= 0.3 is 0 Å². The predicted molar refractivity (Wildman–Crippen MR) is 84.7 cm³/mol. The van der Waals surface area contributed by atoms with E-state index in [0.717, 1.165) is 31.2 Å². The van der Waals surface area contributed by atoms with E-state index < -0.39 is 0 Å². The van der Waals surface area contributed by atoms with E-state index in [0.29, 0.717) is 13.1 Å². The zero-order valence-corrected chi connectivity index (χ0v) is 12.8. The maximum atomic E-state index is 9.64. The second kappa shape index (κ2) is 7.88. The first-order valence-electron chi connectivity index (χ1n) is 7.62. The molecule has 1 saturated heterocycles. The molecule has 0 aliphatic carbocycles. The standard InChI is InChI=1S/C16H25N3O2/c1-3-17-16(19-10-9-14(20)12-19)18-11-13(2)21-15-7-5-4-6-8-15/h4-8,13-14,20H,3,9-12H2,1-2H3,(H,17,18)/t13?,14-/m1/s1. The number of ether oxygens (including phenoxy) is 1. The Kier molecular flexibility index (Phi) is 5.87. The molecule has 1 aliphatic heterocycles. The lowest BCUT2D eigenvalue weighted by Gasteiger charge is -2.22. The topological polar surface area (TPSA) is 57.1 Å². The van der Waals surface area contributed by atoms with Crippen molar-refractivity contribution in [1.82, 2.24) is 10.2 Å². The van der Waals surface area contributed by atoms with Crippen LogP contribution in [-0.4, -0.2) is 54.4 Å². The van der Waals surface area contributed by atoms with Crippen molar-refractivity contribution < 1.29 is 9.84 Å². The van der Waals surface area contributed by atoms with E-state index in [1.807, 2.05) is 44.2 Å². The molecule has 1 unspecified atom stereocenters. The van der Waals surface area contributed by atoms with E-state index in [9.17, 15) is 5.11 Å². The average Bonchev–Trinajstić information content (AvgIpc) is 2.91. The van der Waals surface area contributed by atoms with Crippen LogP contribution >= 0.6 is 0 Å².